The van der Waals surface area contributed by atoms with E-state index in [0.29, 0.717) is 0 Å². The zero-order valence-electron chi connectivity index (χ0n) is 11.0. The lowest BCUT2D eigenvalue weighted by Gasteiger charge is -2.20. The van der Waals surface area contributed by atoms with E-state index in [9.17, 15) is 0 Å². The van der Waals surface area contributed by atoms with E-state index >= 15 is 0 Å². The lowest BCUT2D eigenvalue weighted by Crippen LogP contribution is -2.28. The maximum absolute atomic E-state index is 5.71. The Labute approximate surface area is 116 Å². The maximum Gasteiger partial charge on any atom is 0.350 e. The largest absolute Gasteiger partial charge is 0.433 e. The molecule has 0 N–H and O–H groups in total. The highest BCUT2D eigenvalue weighted by Gasteiger charge is 2.12. The van der Waals surface area contributed by atoms with Crippen LogP contribution in [0.15, 0.2) is 60.7 Å². The van der Waals surface area contributed by atoms with Crippen molar-refractivity contribution in [3.05, 3.63) is 60.7 Å². The van der Waals surface area contributed by atoms with Gasteiger partial charge in [0, 0.05) is 0 Å². The van der Waals surface area contributed by atoms with Crippen LogP contribution >= 0.6 is 0 Å². The van der Waals surface area contributed by atoms with Crippen molar-refractivity contribution in [2.75, 3.05) is 0 Å². The third kappa shape index (κ3) is 4.77. The van der Waals surface area contributed by atoms with Gasteiger partial charge >= 0.3 is 6.48 Å². The quantitative estimate of drug-likeness (QED) is 0.574. The number of hydrogen-bond donors (Lipinski definition) is 0. The first-order chi connectivity index (χ1) is 9.38. The van der Waals surface area contributed by atoms with Gasteiger partial charge in [-0.05, 0) is 30.3 Å². The third-order valence-corrected chi connectivity index (χ3v) is 3.33. The van der Waals surface area contributed by atoms with Gasteiger partial charge in [0.2, 0.25) is 0 Å². The Kier molecular flexibility index (Phi) is 5.46. The van der Waals surface area contributed by atoms with Gasteiger partial charge in [-0.2, -0.15) is 0 Å². The van der Waals surface area contributed by atoms with E-state index < -0.39 is 16.2 Å². The Hall–Kier alpha value is -1.78. The van der Waals surface area contributed by atoms with Gasteiger partial charge in [-0.3, -0.25) is 0 Å². The van der Waals surface area contributed by atoms with E-state index in [4.69, 9.17) is 13.9 Å². The van der Waals surface area contributed by atoms with E-state index in [1.807, 2.05) is 60.7 Å². The highest BCUT2D eigenvalue weighted by atomic mass is 28.2. The molecule has 0 spiro atoms. The maximum atomic E-state index is 5.71. The first-order valence-electron chi connectivity index (χ1n) is 6.43. The minimum Gasteiger partial charge on any atom is -0.433 e. The molecule has 0 amide bonds. The molecule has 4 heteroatoms. The number of rotatable bonds is 7. The fourth-order valence-corrected chi connectivity index (χ4v) is 2.09. The van der Waals surface area contributed by atoms with Crippen molar-refractivity contribution in [2.45, 2.75) is 19.4 Å². The molecule has 0 radical (unpaired) electrons. The summed E-state index contributed by atoms with van der Waals surface area (Å²) in [6, 6.07) is 20.2. The summed E-state index contributed by atoms with van der Waals surface area (Å²) in [5.41, 5.74) is 0. The second-order valence-electron chi connectivity index (χ2n) is 4.02. The number of hydrogen-bond acceptors (Lipinski definition) is 3. The highest BCUT2D eigenvalue weighted by Crippen LogP contribution is 2.16. The molecule has 19 heavy (non-hydrogen) atoms. The zero-order valence-corrected chi connectivity index (χ0v) is 12.4. The fourth-order valence-electron chi connectivity index (χ4n) is 1.53. The molecule has 2 aromatic carbocycles. The molecule has 0 atom stereocenters. The fraction of sp³-hybridized carbons (Fsp3) is 0.200. The minimum absolute atomic E-state index is 0.607. The van der Waals surface area contributed by atoms with Gasteiger partial charge in [0.25, 0.3) is 0 Å². The topological polar surface area (TPSA) is 27.7 Å². The summed E-state index contributed by atoms with van der Waals surface area (Å²) in [6.45, 7) is 1.44. The standard InChI is InChI=1S/C15H18O3Si/c1-2-19-18-15(16-13-9-5-3-6-10-13)17-14-11-7-4-8-12-14/h3-12,15H,2,19H2,1H3. The third-order valence-electron chi connectivity index (χ3n) is 2.41. The summed E-state index contributed by atoms with van der Waals surface area (Å²) in [5.74, 6) is 1.49. The van der Waals surface area contributed by atoms with Gasteiger partial charge in [0.15, 0.2) is 9.76 Å². The van der Waals surface area contributed by atoms with Crippen molar-refractivity contribution in [2.24, 2.45) is 0 Å². The van der Waals surface area contributed by atoms with E-state index in [1.54, 1.807) is 0 Å². The summed E-state index contributed by atoms with van der Waals surface area (Å²) < 4.78 is 17.1. The van der Waals surface area contributed by atoms with Crippen molar-refractivity contribution >= 4 is 9.76 Å². The van der Waals surface area contributed by atoms with E-state index in [0.717, 1.165) is 17.5 Å². The lowest BCUT2D eigenvalue weighted by atomic mass is 10.3. The Morgan fingerprint density at radius 2 is 1.32 bits per heavy atom. The van der Waals surface area contributed by atoms with Gasteiger partial charge in [0.1, 0.15) is 11.5 Å². The van der Waals surface area contributed by atoms with Crippen LogP contribution in [0.25, 0.3) is 0 Å². The average molecular weight is 274 g/mol. The van der Waals surface area contributed by atoms with Crippen LogP contribution in [0, 0.1) is 0 Å². The Morgan fingerprint density at radius 1 is 0.842 bits per heavy atom. The molecule has 3 nitrogen and oxygen atoms in total. The van der Waals surface area contributed by atoms with Crippen molar-refractivity contribution in [3.8, 4) is 11.5 Å². The van der Waals surface area contributed by atoms with Crippen LogP contribution in [0.2, 0.25) is 6.04 Å². The van der Waals surface area contributed by atoms with Crippen molar-refractivity contribution in [3.63, 3.8) is 0 Å². The smallest absolute Gasteiger partial charge is 0.350 e. The summed E-state index contributed by atoms with van der Waals surface area (Å²) in [5, 5.41) is 0. The van der Waals surface area contributed by atoms with E-state index in [2.05, 4.69) is 6.92 Å². The molecule has 0 saturated carbocycles. The molecule has 0 aliphatic heterocycles. The Morgan fingerprint density at radius 3 is 1.74 bits per heavy atom. The normalized spacial score (nSPS) is 11.1. The number of benzene rings is 2. The van der Waals surface area contributed by atoms with Crippen molar-refractivity contribution < 1.29 is 13.9 Å². The van der Waals surface area contributed by atoms with Crippen LogP contribution < -0.4 is 9.47 Å². The lowest BCUT2D eigenvalue weighted by molar-refractivity contribution is -0.140. The number of ether oxygens (including phenoxy) is 2. The van der Waals surface area contributed by atoms with Crippen LogP contribution in [-0.4, -0.2) is 16.2 Å². The van der Waals surface area contributed by atoms with Gasteiger partial charge in [-0.25, -0.2) is 0 Å². The molecule has 0 aromatic heterocycles. The molecule has 2 aromatic rings. The summed E-state index contributed by atoms with van der Waals surface area (Å²) in [6.07, 6.45) is 0. The van der Waals surface area contributed by atoms with E-state index in [1.165, 1.54) is 0 Å². The summed E-state index contributed by atoms with van der Waals surface area (Å²) in [7, 11) is -0.607. The van der Waals surface area contributed by atoms with Gasteiger partial charge < -0.3 is 13.9 Å². The molecule has 0 saturated heterocycles. The van der Waals surface area contributed by atoms with Crippen molar-refractivity contribution in [1.82, 2.24) is 0 Å². The van der Waals surface area contributed by atoms with Crippen LogP contribution in [-0.2, 0) is 4.43 Å². The van der Waals surface area contributed by atoms with Crippen molar-refractivity contribution in [1.29, 1.82) is 0 Å². The van der Waals surface area contributed by atoms with Crippen LogP contribution in [0.3, 0.4) is 0 Å². The highest BCUT2D eigenvalue weighted by molar-refractivity contribution is 6.26. The predicted molar refractivity (Wildman–Crippen MR) is 78.0 cm³/mol. The summed E-state index contributed by atoms with van der Waals surface area (Å²) >= 11 is 0. The SMILES string of the molecule is CC[SiH2]OC(Oc1ccccc1)Oc1ccccc1. The molecule has 0 fully saturated rings. The van der Waals surface area contributed by atoms with E-state index in [-0.39, 0.29) is 0 Å². The molecular weight excluding hydrogens is 256 g/mol. The predicted octanol–water partition coefficient (Wildman–Crippen LogP) is 2.97. The first-order valence-corrected chi connectivity index (χ1v) is 8.01. The Bertz CT molecular complexity index is 420. The molecule has 100 valence electrons. The Balaban J connectivity index is 1.99. The number of para-hydroxylation sites is 2. The molecule has 2 rings (SSSR count). The van der Waals surface area contributed by atoms with Crippen LogP contribution in [0.1, 0.15) is 6.92 Å². The summed E-state index contributed by atoms with van der Waals surface area (Å²) in [4.78, 5) is 0. The monoisotopic (exact) mass is 274 g/mol. The molecule has 0 heterocycles. The van der Waals surface area contributed by atoms with Gasteiger partial charge in [0.05, 0.1) is 0 Å². The second-order valence-corrected chi connectivity index (χ2v) is 5.76. The minimum atomic E-state index is -0.670. The molecule has 0 aliphatic rings. The molecular formula is C15H18O3Si. The van der Waals surface area contributed by atoms with Crippen LogP contribution in [0.5, 0.6) is 11.5 Å². The van der Waals surface area contributed by atoms with Gasteiger partial charge in [-0.15, -0.1) is 0 Å². The zero-order chi connectivity index (χ0) is 13.3. The van der Waals surface area contributed by atoms with Crippen LogP contribution in [0.4, 0.5) is 0 Å². The average Bonchev–Trinajstić information content (AvgIpc) is 2.47. The van der Waals surface area contributed by atoms with Gasteiger partial charge in [-0.1, -0.05) is 43.3 Å². The second kappa shape index (κ2) is 7.61. The molecule has 0 unspecified atom stereocenters. The molecule has 0 bridgehead atoms. The first kappa shape index (κ1) is 13.6. The molecule has 0 aliphatic carbocycles.